The van der Waals surface area contributed by atoms with Crippen LogP contribution in [-0.4, -0.2) is 33.0 Å². The fourth-order valence-corrected chi connectivity index (χ4v) is 1.93. The smallest absolute Gasteiger partial charge is 0.417 e. The number of nitrogens with zero attached hydrogens (tertiary/aromatic N) is 1. The quantitative estimate of drug-likeness (QED) is 0.507. The van der Waals surface area contributed by atoms with Gasteiger partial charge in [-0.3, -0.25) is 4.79 Å². The number of amides is 2. The lowest BCUT2D eigenvalue weighted by Gasteiger charge is -2.23. The minimum absolute atomic E-state index is 0.140. The summed E-state index contributed by atoms with van der Waals surface area (Å²) in [7, 11) is 0. The van der Waals surface area contributed by atoms with Gasteiger partial charge < -0.3 is 4.74 Å². The Morgan fingerprint density at radius 3 is 2.50 bits per heavy atom. The second-order valence-corrected chi connectivity index (χ2v) is 6.05. The summed E-state index contributed by atoms with van der Waals surface area (Å²) >= 11 is 2.16. The van der Waals surface area contributed by atoms with E-state index in [2.05, 4.69) is 22.6 Å². The number of rotatable bonds is 0. The van der Waals surface area contributed by atoms with Gasteiger partial charge in [-0.25, -0.2) is 9.69 Å². The first-order valence-electron chi connectivity index (χ1n) is 4.47. The topological polar surface area (TPSA) is 46.6 Å². The molecule has 1 fully saturated rings. The Morgan fingerprint density at radius 2 is 2.14 bits per heavy atom. The van der Waals surface area contributed by atoms with Crippen molar-refractivity contribution in [2.24, 2.45) is 0 Å². The van der Waals surface area contributed by atoms with E-state index in [-0.39, 0.29) is 9.83 Å². The third-order valence-electron chi connectivity index (χ3n) is 1.69. The van der Waals surface area contributed by atoms with E-state index in [1.165, 1.54) is 4.90 Å². The summed E-state index contributed by atoms with van der Waals surface area (Å²) in [6.07, 6.45) is -0.0959. The van der Waals surface area contributed by atoms with E-state index in [9.17, 15) is 9.59 Å². The molecular weight excluding hydrogens is 297 g/mol. The summed E-state index contributed by atoms with van der Waals surface area (Å²) in [5.74, 6) is -0.140. The van der Waals surface area contributed by atoms with Crippen molar-refractivity contribution < 1.29 is 14.3 Å². The Kier molecular flexibility index (Phi) is 3.39. The van der Waals surface area contributed by atoms with Gasteiger partial charge in [-0.2, -0.15) is 0 Å². The van der Waals surface area contributed by atoms with Gasteiger partial charge in [-0.05, 0) is 20.8 Å². The van der Waals surface area contributed by atoms with Crippen molar-refractivity contribution in [2.75, 3.05) is 6.54 Å². The number of imide groups is 1. The molecule has 5 heteroatoms. The molecule has 1 saturated heterocycles. The molecule has 1 heterocycles. The molecule has 1 aliphatic heterocycles. The molecule has 0 aromatic heterocycles. The fraction of sp³-hybridized carbons (Fsp3) is 0.778. The molecule has 80 valence electrons. The molecule has 0 radical (unpaired) electrons. The Bertz CT molecular complexity index is 259. The van der Waals surface area contributed by atoms with Gasteiger partial charge in [0.05, 0.1) is 0 Å². The average Bonchev–Trinajstić information content (AvgIpc) is 2.26. The van der Waals surface area contributed by atoms with Crippen LogP contribution in [0.5, 0.6) is 0 Å². The molecule has 1 aliphatic rings. The highest BCUT2D eigenvalue weighted by Crippen LogP contribution is 2.21. The zero-order chi connectivity index (χ0) is 10.9. The second-order valence-electron chi connectivity index (χ2n) is 4.29. The number of hydrogen-bond donors (Lipinski definition) is 0. The number of hydrogen-bond acceptors (Lipinski definition) is 3. The Hall–Kier alpha value is -0.330. The molecule has 0 aromatic carbocycles. The molecule has 2 amide bonds. The first-order chi connectivity index (χ1) is 6.29. The number of likely N-dealkylation sites (tertiary alicyclic amines) is 1. The molecule has 0 aliphatic carbocycles. The lowest BCUT2D eigenvalue weighted by molar-refractivity contribution is -0.126. The molecule has 1 atom stereocenters. The van der Waals surface area contributed by atoms with Gasteiger partial charge in [0, 0.05) is 16.9 Å². The summed E-state index contributed by atoms with van der Waals surface area (Å²) in [5, 5.41) is 0. The van der Waals surface area contributed by atoms with Crippen LogP contribution < -0.4 is 0 Å². The Morgan fingerprint density at radius 1 is 1.57 bits per heavy atom. The standard InChI is InChI=1S/C9H14INO3/c1-9(2,3)14-8(13)11-5-6(10)4-7(11)12/h6H,4-5H2,1-3H3. The normalized spacial score (nSPS) is 22.7. The largest absolute Gasteiger partial charge is 0.443 e. The fourth-order valence-electron chi connectivity index (χ4n) is 1.16. The zero-order valence-electron chi connectivity index (χ0n) is 8.54. The van der Waals surface area contributed by atoms with E-state index in [4.69, 9.17) is 4.74 Å². The van der Waals surface area contributed by atoms with Gasteiger partial charge in [-0.15, -0.1) is 0 Å². The summed E-state index contributed by atoms with van der Waals surface area (Å²) < 4.78 is 5.32. The van der Waals surface area contributed by atoms with Gasteiger partial charge in [-0.1, -0.05) is 22.6 Å². The van der Waals surface area contributed by atoms with Crippen molar-refractivity contribution in [2.45, 2.75) is 36.7 Å². The van der Waals surface area contributed by atoms with E-state index in [1.54, 1.807) is 20.8 Å². The molecule has 0 aromatic rings. The van der Waals surface area contributed by atoms with Crippen molar-refractivity contribution in [3.05, 3.63) is 0 Å². The van der Waals surface area contributed by atoms with Crippen molar-refractivity contribution in [1.82, 2.24) is 4.90 Å². The monoisotopic (exact) mass is 311 g/mol. The highest BCUT2D eigenvalue weighted by atomic mass is 127. The van der Waals surface area contributed by atoms with Crippen LogP contribution in [0.15, 0.2) is 0 Å². The lowest BCUT2D eigenvalue weighted by Crippen LogP contribution is -2.37. The van der Waals surface area contributed by atoms with E-state index >= 15 is 0 Å². The Labute approximate surface area is 97.1 Å². The van der Waals surface area contributed by atoms with Crippen LogP contribution >= 0.6 is 22.6 Å². The van der Waals surface area contributed by atoms with Crippen molar-refractivity contribution >= 4 is 34.6 Å². The van der Waals surface area contributed by atoms with E-state index in [0.717, 1.165) is 0 Å². The molecule has 14 heavy (non-hydrogen) atoms. The Balaban J connectivity index is 2.58. The minimum atomic E-state index is -0.541. The molecule has 0 N–H and O–H groups in total. The van der Waals surface area contributed by atoms with Gasteiger partial charge in [0.1, 0.15) is 5.60 Å². The van der Waals surface area contributed by atoms with Crippen molar-refractivity contribution in [1.29, 1.82) is 0 Å². The van der Waals surface area contributed by atoms with E-state index in [1.807, 2.05) is 0 Å². The maximum atomic E-state index is 11.5. The summed E-state index contributed by atoms with van der Waals surface area (Å²) in [6, 6.07) is 0. The van der Waals surface area contributed by atoms with Crippen molar-refractivity contribution in [3.63, 3.8) is 0 Å². The van der Waals surface area contributed by atoms with Gasteiger partial charge >= 0.3 is 6.09 Å². The molecule has 1 unspecified atom stereocenters. The van der Waals surface area contributed by atoms with Crippen LogP contribution in [0.4, 0.5) is 4.79 Å². The average molecular weight is 311 g/mol. The molecule has 4 nitrogen and oxygen atoms in total. The van der Waals surface area contributed by atoms with Crippen LogP contribution in [0.2, 0.25) is 0 Å². The summed E-state index contributed by atoms with van der Waals surface area (Å²) in [5.41, 5.74) is -0.541. The SMILES string of the molecule is CC(C)(C)OC(=O)N1CC(I)CC1=O. The van der Waals surface area contributed by atoms with Crippen LogP contribution in [0, 0.1) is 0 Å². The number of alkyl halides is 1. The first kappa shape index (κ1) is 11.7. The maximum Gasteiger partial charge on any atom is 0.417 e. The van der Waals surface area contributed by atoms with Gasteiger partial charge in [0.15, 0.2) is 0 Å². The lowest BCUT2D eigenvalue weighted by atomic mass is 10.2. The molecular formula is C9H14INO3. The number of halogens is 1. The highest BCUT2D eigenvalue weighted by Gasteiger charge is 2.35. The summed E-state index contributed by atoms with van der Waals surface area (Å²) in [6.45, 7) is 5.82. The van der Waals surface area contributed by atoms with Crippen LogP contribution in [0.3, 0.4) is 0 Å². The highest BCUT2D eigenvalue weighted by molar-refractivity contribution is 14.1. The number of ether oxygens (including phenoxy) is 1. The predicted molar refractivity (Wildman–Crippen MR) is 60.4 cm³/mol. The third kappa shape index (κ3) is 3.11. The minimum Gasteiger partial charge on any atom is -0.443 e. The molecule has 0 spiro atoms. The van der Waals surface area contributed by atoms with Crippen LogP contribution in [0.1, 0.15) is 27.2 Å². The molecule has 0 saturated carbocycles. The van der Waals surface area contributed by atoms with Crippen molar-refractivity contribution in [3.8, 4) is 0 Å². The van der Waals surface area contributed by atoms with E-state index in [0.29, 0.717) is 13.0 Å². The predicted octanol–water partition coefficient (Wildman–Crippen LogP) is 1.96. The number of carbonyl (C=O) groups is 2. The van der Waals surface area contributed by atoms with E-state index < -0.39 is 11.7 Å². The number of carbonyl (C=O) groups excluding carboxylic acids is 2. The molecule has 1 rings (SSSR count). The summed E-state index contributed by atoms with van der Waals surface area (Å²) in [4.78, 5) is 24.0. The van der Waals surface area contributed by atoms with Crippen LogP contribution in [0.25, 0.3) is 0 Å². The second kappa shape index (κ2) is 4.04. The molecule has 0 bridgehead atoms. The third-order valence-corrected chi connectivity index (χ3v) is 2.53. The van der Waals surface area contributed by atoms with Gasteiger partial charge in [0.25, 0.3) is 0 Å². The van der Waals surface area contributed by atoms with Crippen LogP contribution in [-0.2, 0) is 9.53 Å². The maximum absolute atomic E-state index is 11.5. The van der Waals surface area contributed by atoms with Gasteiger partial charge in [0.2, 0.25) is 5.91 Å². The first-order valence-corrected chi connectivity index (χ1v) is 5.71. The zero-order valence-corrected chi connectivity index (χ0v) is 10.7.